The average Bonchev–Trinajstić information content (AvgIpc) is 3.03. The maximum Gasteiger partial charge on any atom is 0.307 e. The first kappa shape index (κ1) is 18.0. The zero-order valence-corrected chi connectivity index (χ0v) is 14.7. The second-order valence-electron chi connectivity index (χ2n) is 7.15. The fourth-order valence-corrected chi connectivity index (χ4v) is 3.43. The SMILES string of the molecule is Cc1cc(C)c(NC(=O)CNC(=O)[C@@H]2[C@H](C(=O)O)C2(C)C)c(C)c1. The van der Waals surface area contributed by atoms with Crippen LogP contribution in [-0.2, 0) is 14.4 Å². The van der Waals surface area contributed by atoms with Crippen molar-refractivity contribution in [2.24, 2.45) is 17.3 Å². The minimum atomic E-state index is -0.976. The van der Waals surface area contributed by atoms with Gasteiger partial charge in [0.15, 0.2) is 0 Å². The third kappa shape index (κ3) is 3.42. The van der Waals surface area contributed by atoms with Gasteiger partial charge in [-0.15, -0.1) is 0 Å². The van der Waals surface area contributed by atoms with E-state index in [0.29, 0.717) is 0 Å². The van der Waals surface area contributed by atoms with E-state index < -0.39 is 23.2 Å². The van der Waals surface area contributed by atoms with Crippen LogP contribution in [0, 0.1) is 38.0 Å². The molecule has 1 aromatic rings. The summed E-state index contributed by atoms with van der Waals surface area (Å²) in [6.07, 6.45) is 0. The Morgan fingerprint density at radius 2 is 1.62 bits per heavy atom. The van der Waals surface area contributed by atoms with E-state index >= 15 is 0 Å². The Morgan fingerprint density at radius 1 is 1.08 bits per heavy atom. The molecule has 0 saturated heterocycles. The molecule has 1 aliphatic rings. The molecule has 24 heavy (non-hydrogen) atoms. The Morgan fingerprint density at radius 3 is 2.08 bits per heavy atom. The summed E-state index contributed by atoms with van der Waals surface area (Å²) in [5, 5.41) is 14.5. The summed E-state index contributed by atoms with van der Waals surface area (Å²) in [4.78, 5) is 35.3. The van der Waals surface area contributed by atoms with E-state index in [-0.39, 0.29) is 18.4 Å². The fourth-order valence-electron chi connectivity index (χ4n) is 3.43. The van der Waals surface area contributed by atoms with Gasteiger partial charge < -0.3 is 15.7 Å². The Labute approximate surface area is 141 Å². The molecular formula is C18H24N2O4. The van der Waals surface area contributed by atoms with Crippen molar-refractivity contribution in [2.75, 3.05) is 11.9 Å². The number of carbonyl (C=O) groups is 3. The highest BCUT2D eigenvalue weighted by Crippen LogP contribution is 2.58. The van der Waals surface area contributed by atoms with E-state index in [9.17, 15) is 14.4 Å². The number of aliphatic carboxylic acids is 1. The molecule has 2 rings (SSSR count). The number of rotatable bonds is 5. The first-order chi connectivity index (χ1) is 11.1. The van der Waals surface area contributed by atoms with Crippen LogP contribution < -0.4 is 10.6 Å². The quantitative estimate of drug-likeness (QED) is 0.769. The number of hydrogen-bond acceptors (Lipinski definition) is 3. The van der Waals surface area contributed by atoms with Crippen LogP contribution in [0.5, 0.6) is 0 Å². The molecule has 1 aliphatic carbocycles. The first-order valence-corrected chi connectivity index (χ1v) is 7.94. The van der Waals surface area contributed by atoms with E-state index in [1.807, 2.05) is 32.9 Å². The highest BCUT2D eigenvalue weighted by atomic mass is 16.4. The van der Waals surface area contributed by atoms with Gasteiger partial charge in [-0.2, -0.15) is 0 Å². The van der Waals surface area contributed by atoms with Crippen molar-refractivity contribution in [3.05, 3.63) is 28.8 Å². The molecule has 2 amide bonds. The van der Waals surface area contributed by atoms with Crippen LogP contribution in [0.25, 0.3) is 0 Å². The zero-order chi connectivity index (χ0) is 18.2. The van der Waals surface area contributed by atoms with E-state index in [1.165, 1.54) is 0 Å². The monoisotopic (exact) mass is 332 g/mol. The highest BCUT2D eigenvalue weighted by molar-refractivity contribution is 5.98. The van der Waals surface area contributed by atoms with Crippen molar-refractivity contribution >= 4 is 23.5 Å². The molecule has 1 fully saturated rings. The van der Waals surface area contributed by atoms with Gasteiger partial charge in [-0.05, 0) is 37.3 Å². The lowest BCUT2D eigenvalue weighted by Crippen LogP contribution is -2.35. The number of carboxylic acid groups (broad SMARTS) is 1. The van der Waals surface area contributed by atoms with Crippen molar-refractivity contribution in [1.29, 1.82) is 0 Å². The third-order valence-electron chi connectivity index (χ3n) is 4.74. The van der Waals surface area contributed by atoms with Crippen LogP contribution in [0.2, 0.25) is 0 Å². The van der Waals surface area contributed by atoms with Gasteiger partial charge in [-0.1, -0.05) is 31.5 Å². The Kier molecular flexibility index (Phi) is 4.69. The summed E-state index contributed by atoms with van der Waals surface area (Å²) in [6, 6.07) is 3.96. The predicted molar refractivity (Wildman–Crippen MR) is 90.7 cm³/mol. The summed E-state index contributed by atoms with van der Waals surface area (Å²) in [7, 11) is 0. The van der Waals surface area contributed by atoms with Crippen LogP contribution in [-0.4, -0.2) is 29.4 Å². The Hall–Kier alpha value is -2.37. The molecule has 0 radical (unpaired) electrons. The average molecular weight is 332 g/mol. The van der Waals surface area contributed by atoms with Crippen LogP contribution in [0.4, 0.5) is 5.69 Å². The largest absolute Gasteiger partial charge is 0.481 e. The minimum absolute atomic E-state index is 0.176. The number of amides is 2. The zero-order valence-electron chi connectivity index (χ0n) is 14.7. The summed E-state index contributed by atoms with van der Waals surface area (Å²) in [5.74, 6) is -2.98. The Balaban J connectivity index is 1.93. The second kappa shape index (κ2) is 6.26. The van der Waals surface area contributed by atoms with Gasteiger partial charge in [-0.3, -0.25) is 14.4 Å². The topological polar surface area (TPSA) is 95.5 Å². The standard InChI is InChI=1S/C18H24N2O4/c1-9-6-10(2)15(11(3)7-9)20-12(21)8-19-16(22)13-14(17(23)24)18(13,4)5/h6-7,13-14H,8H2,1-5H3,(H,19,22)(H,20,21)(H,23,24)/t13-,14+/m0/s1. The molecule has 0 heterocycles. The summed E-state index contributed by atoms with van der Waals surface area (Å²) >= 11 is 0. The molecule has 0 bridgehead atoms. The van der Waals surface area contributed by atoms with Crippen molar-refractivity contribution < 1.29 is 19.5 Å². The molecule has 3 N–H and O–H groups in total. The molecule has 130 valence electrons. The number of carboxylic acids is 1. The smallest absolute Gasteiger partial charge is 0.307 e. The summed E-state index contributed by atoms with van der Waals surface area (Å²) in [6.45, 7) is 9.13. The number of nitrogens with one attached hydrogen (secondary N) is 2. The van der Waals surface area contributed by atoms with Gasteiger partial charge >= 0.3 is 5.97 Å². The summed E-state index contributed by atoms with van der Waals surface area (Å²) < 4.78 is 0. The maximum atomic E-state index is 12.1. The fraction of sp³-hybridized carbons (Fsp3) is 0.500. The van der Waals surface area contributed by atoms with Crippen LogP contribution in [0.1, 0.15) is 30.5 Å². The van der Waals surface area contributed by atoms with Crippen LogP contribution in [0.3, 0.4) is 0 Å². The molecule has 2 atom stereocenters. The van der Waals surface area contributed by atoms with Crippen molar-refractivity contribution in [2.45, 2.75) is 34.6 Å². The van der Waals surface area contributed by atoms with Gasteiger partial charge in [0.05, 0.1) is 18.4 Å². The molecule has 0 unspecified atom stereocenters. The van der Waals surface area contributed by atoms with Crippen LogP contribution in [0.15, 0.2) is 12.1 Å². The molecular weight excluding hydrogens is 308 g/mol. The molecule has 6 heteroatoms. The summed E-state index contributed by atoms with van der Waals surface area (Å²) in [5.41, 5.74) is 3.21. The molecule has 6 nitrogen and oxygen atoms in total. The van der Waals surface area contributed by atoms with Gasteiger partial charge in [-0.25, -0.2) is 0 Å². The van der Waals surface area contributed by atoms with Crippen molar-refractivity contribution in [3.8, 4) is 0 Å². The van der Waals surface area contributed by atoms with Gasteiger partial charge in [0.1, 0.15) is 0 Å². The second-order valence-corrected chi connectivity index (χ2v) is 7.15. The molecule has 0 aliphatic heterocycles. The maximum absolute atomic E-state index is 12.1. The molecule has 0 spiro atoms. The van der Waals surface area contributed by atoms with E-state index in [1.54, 1.807) is 13.8 Å². The molecule has 1 saturated carbocycles. The normalized spacial score (nSPS) is 21.0. The van der Waals surface area contributed by atoms with E-state index in [4.69, 9.17) is 5.11 Å². The lowest BCUT2D eigenvalue weighted by atomic mass is 10.1. The number of benzene rings is 1. The molecule has 0 aromatic heterocycles. The van der Waals surface area contributed by atoms with Crippen molar-refractivity contribution in [3.63, 3.8) is 0 Å². The van der Waals surface area contributed by atoms with Gasteiger partial charge in [0.2, 0.25) is 11.8 Å². The first-order valence-electron chi connectivity index (χ1n) is 7.94. The highest BCUT2D eigenvalue weighted by Gasteiger charge is 2.65. The number of hydrogen-bond donors (Lipinski definition) is 3. The number of anilines is 1. The Bertz CT molecular complexity index is 686. The van der Waals surface area contributed by atoms with Gasteiger partial charge in [0, 0.05) is 5.69 Å². The van der Waals surface area contributed by atoms with E-state index in [0.717, 1.165) is 22.4 Å². The van der Waals surface area contributed by atoms with Crippen molar-refractivity contribution in [1.82, 2.24) is 5.32 Å². The lowest BCUT2D eigenvalue weighted by Gasteiger charge is -2.13. The minimum Gasteiger partial charge on any atom is -0.481 e. The van der Waals surface area contributed by atoms with Crippen LogP contribution >= 0.6 is 0 Å². The molecule has 1 aromatic carbocycles. The third-order valence-corrected chi connectivity index (χ3v) is 4.74. The van der Waals surface area contributed by atoms with Gasteiger partial charge in [0.25, 0.3) is 0 Å². The van der Waals surface area contributed by atoms with E-state index in [2.05, 4.69) is 10.6 Å². The lowest BCUT2D eigenvalue weighted by molar-refractivity contribution is -0.140. The number of carbonyl (C=O) groups excluding carboxylic acids is 2. The number of aryl methyl sites for hydroxylation is 3. The predicted octanol–water partition coefficient (Wildman–Crippen LogP) is 2.02.